The van der Waals surface area contributed by atoms with E-state index in [0.717, 1.165) is 25.9 Å². The van der Waals surface area contributed by atoms with Crippen molar-refractivity contribution in [3.8, 4) is 5.75 Å². The molecule has 0 aromatic heterocycles. The molecule has 2 fully saturated rings. The molecule has 0 spiro atoms. The van der Waals surface area contributed by atoms with Gasteiger partial charge in [0.25, 0.3) is 0 Å². The Labute approximate surface area is 142 Å². The molecule has 0 aliphatic carbocycles. The number of carbonyl (C=O) groups is 1. The van der Waals surface area contributed by atoms with Gasteiger partial charge >= 0.3 is 0 Å². The molecule has 132 valence electrons. The zero-order chi connectivity index (χ0) is 17.3. The number of hydrogen-bond donors (Lipinski definition) is 1. The summed E-state index contributed by atoms with van der Waals surface area (Å²) < 4.78 is 31.7. The predicted molar refractivity (Wildman–Crippen MR) is 89.0 cm³/mol. The second kappa shape index (κ2) is 6.70. The number of sulfonamides is 1. The van der Waals surface area contributed by atoms with Crippen LogP contribution in [0.3, 0.4) is 0 Å². The number of carbonyl (C=O) groups excluding carboxylic acids is 1. The van der Waals surface area contributed by atoms with E-state index in [1.54, 1.807) is 31.4 Å². The SMILES string of the molecule is COc1ccc(S(=O)(=O)N2CC(N3CCC(C(N)=O)CC3)C2)cc1. The molecule has 0 radical (unpaired) electrons. The summed E-state index contributed by atoms with van der Waals surface area (Å²) in [5, 5.41) is 0. The summed E-state index contributed by atoms with van der Waals surface area (Å²) in [7, 11) is -1.90. The number of nitrogens with zero attached hydrogens (tertiary/aromatic N) is 2. The number of primary amides is 1. The molecule has 0 saturated carbocycles. The van der Waals surface area contributed by atoms with Crippen molar-refractivity contribution in [2.45, 2.75) is 23.8 Å². The van der Waals surface area contributed by atoms with Gasteiger partial charge < -0.3 is 10.5 Å². The van der Waals surface area contributed by atoms with E-state index in [1.807, 2.05) is 0 Å². The maximum absolute atomic E-state index is 12.6. The Hall–Kier alpha value is -1.64. The molecule has 2 aliphatic rings. The number of methoxy groups -OCH3 is 1. The summed E-state index contributed by atoms with van der Waals surface area (Å²) in [5.41, 5.74) is 5.35. The van der Waals surface area contributed by atoms with E-state index in [0.29, 0.717) is 18.8 Å². The number of benzene rings is 1. The highest BCUT2D eigenvalue weighted by molar-refractivity contribution is 7.89. The van der Waals surface area contributed by atoms with Gasteiger partial charge in [0.15, 0.2) is 0 Å². The average Bonchev–Trinajstić information content (AvgIpc) is 2.54. The molecule has 3 rings (SSSR count). The lowest BCUT2D eigenvalue weighted by Crippen LogP contribution is -2.62. The van der Waals surface area contributed by atoms with Gasteiger partial charge in [-0.15, -0.1) is 0 Å². The van der Waals surface area contributed by atoms with Gasteiger partial charge in [-0.3, -0.25) is 9.69 Å². The summed E-state index contributed by atoms with van der Waals surface area (Å²) in [6.45, 7) is 2.59. The fourth-order valence-corrected chi connectivity index (χ4v) is 4.80. The standard InChI is InChI=1S/C16H23N3O4S/c1-23-14-2-4-15(5-3-14)24(21,22)19-10-13(11-19)18-8-6-12(7-9-18)16(17)20/h2-5,12-13H,6-11H2,1H3,(H2,17,20). The highest BCUT2D eigenvalue weighted by Gasteiger charge is 2.40. The molecule has 8 heteroatoms. The van der Waals surface area contributed by atoms with Crippen LogP contribution in [0.1, 0.15) is 12.8 Å². The van der Waals surface area contributed by atoms with E-state index in [-0.39, 0.29) is 22.8 Å². The summed E-state index contributed by atoms with van der Waals surface area (Å²) in [6.07, 6.45) is 1.52. The minimum atomic E-state index is -3.45. The van der Waals surface area contributed by atoms with Crippen molar-refractivity contribution in [3.63, 3.8) is 0 Å². The number of ether oxygens (including phenoxy) is 1. The molecule has 24 heavy (non-hydrogen) atoms. The third-order valence-electron chi connectivity index (χ3n) is 4.97. The first-order valence-electron chi connectivity index (χ1n) is 8.09. The molecular formula is C16H23N3O4S. The lowest BCUT2D eigenvalue weighted by Gasteiger charge is -2.46. The second-order valence-corrected chi connectivity index (χ2v) is 8.30. The Morgan fingerprint density at radius 2 is 1.75 bits per heavy atom. The van der Waals surface area contributed by atoms with Crippen molar-refractivity contribution in [1.82, 2.24) is 9.21 Å². The van der Waals surface area contributed by atoms with Crippen LogP contribution < -0.4 is 10.5 Å². The quantitative estimate of drug-likeness (QED) is 0.820. The number of hydrogen-bond acceptors (Lipinski definition) is 5. The van der Waals surface area contributed by atoms with Gasteiger partial charge in [-0.2, -0.15) is 4.31 Å². The Kier molecular flexibility index (Phi) is 4.80. The Morgan fingerprint density at radius 1 is 1.17 bits per heavy atom. The molecule has 0 unspecified atom stereocenters. The maximum Gasteiger partial charge on any atom is 0.243 e. The number of likely N-dealkylation sites (tertiary alicyclic amines) is 1. The van der Waals surface area contributed by atoms with Crippen LogP contribution in [0.4, 0.5) is 0 Å². The van der Waals surface area contributed by atoms with E-state index >= 15 is 0 Å². The molecule has 7 nitrogen and oxygen atoms in total. The van der Waals surface area contributed by atoms with Gasteiger partial charge in [0, 0.05) is 25.0 Å². The Bertz CT molecular complexity index is 691. The molecule has 2 saturated heterocycles. The van der Waals surface area contributed by atoms with Crippen molar-refractivity contribution in [3.05, 3.63) is 24.3 Å². The lowest BCUT2D eigenvalue weighted by molar-refractivity contribution is -0.123. The van der Waals surface area contributed by atoms with Gasteiger partial charge in [-0.1, -0.05) is 0 Å². The zero-order valence-electron chi connectivity index (χ0n) is 13.7. The molecule has 1 aromatic carbocycles. The Balaban J connectivity index is 1.56. The fraction of sp³-hybridized carbons (Fsp3) is 0.562. The van der Waals surface area contributed by atoms with Gasteiger partial charge in [-0.05, 0) is 50.2 Å². The van der Waals surface area contributed by atoms with Gasteiger partial charge in [0.2, 0.25) is 15.9 Å². The lowest BCUT2D eigenvalue weighted by atomic mass is 9.94. The van der Waals surface area contributed by atoms with Crippen LogP contribution in [0.25, 0.3) is 0 Å². The van der Waals surface area contributed by atoms with Crippen molar-refractivity contribution >= 4 is 15.9 Å². The molecule has 0 atom stereocenters. The van der Waals surface area contributed by atoms with Crippen LogP contribution in [0.15, 0.2) is 29.2 Å². The highest BCUT2D eigenvalue weighted by Crippen LogP contribution is 2.28. The van der Waals surface area contributed by atoms with E-state index < -0.39 is 10.0 Å². The Morgan fingerprint density at radius 3 is 2.25 bits per heavy atom. The van der Waals surface area contributed by atoms with Gasteiger partial charge in [0.05, 0.1) is 12.0 Å². The van der Waals surface area contributed by atoms with Crippen molar-refractivity contribution < 1.29 is 17.9 Å². The van der Waals surface area contributed by atoms with Crippen LogP contribution in [-0.2, 0) is 14.8 Å². The maximum atomic E-state index is 12.6. The summed E-state index contributed by atoms with van der Waals surface area (Å²) >= 11 is 0. The number of nitrogens with two attached hydrogens (primary N) is 1. The predicted octanol–water partition coefficient (Wildman–Crippen LogP) is 0.265. The molecule has 1 amide bonds. The van der Waals surface area contributed by atoms with Crippen molar-refractivity contribution in [2.75, 3.05) is 33.3 Å². The van der Waals surface area contributed by atoms with Crippen LogP contribution in [-0.4, -0.2) is 62.9 Å². The van der Waals surface area contributed by atoms with Crippen molar-refractivity contribution in [1.29, 1.82) is 0 Å². The average molecular weight is 353 g/mol. The van der Waals surface area contributed by atoms with Gasteiger partial charge in [0.1, 0.15) is 5.75 Å². The molecular weight excluding hydrogens is 330 g/mol. The van der Waals surface area contributed by atoms with E-state index in [4.69, 9.17) is 10.5 Å². The first-order valence-corrected chi connectivity index (χ1v) is 9.53. The normalized spacial score (nSPS) is 21.4. The van der Waals surface area contributed by atoms with E-state index in [1.165, 1.54) is 4.31 Å². The van der Waals surface area contributed by atoms with Crippen LogP contribution in [0, 0.1) is 5.92 Å². The molecule has 2 aliphatic heterocycles. The summed E-state index contributed by atoms with van der Waals surface area (Å²) in [6, 6.07) is 6.67. The van der Waals surface area contributed by atoms with Crippen LogP contribution in [0.2, 0.25) is 0 Å². The van der Waals surface area contributed by atoms with Crippen LogP contribution in [0.5, 0.6) is 5.75 Å². The molecule has 1 aromatic rings. The molecule has 2 heterocycles. The minimum Gasteiger partial charge on any atom is -0.497 e. The second-order valence-electron chi connectivity index (χ2n) is 6.36. The topological polar surface area (TPSA) is 92.9 Å². The van der Waals surface area contributed by atoms with E-state index in [9.17, 15) is 13.2 Å². The molecule has 2 N–H and O–H groups in total. The largest absolute Gasteiger partial charge is 0.497 e. The minimum absolute atomic E-state index is 0.0412. The fourth-order valence-electron chi connectivity index (χ4n) is 3.29. The molecule has 0 bridgehead atoms. The number of piperidine rings is 1. The first-order chi connectivity index (χ1) is 11.4. The summed E-state index contributed by atoms with van der Waals surface area (Å²) in [4.78, 5) is 13.8. The van der Waals surface area contributed by atoms with Crippen molar-refractivity contribution in [2.24, 2.45) is 11.7 Å². The highest BCUT2D eigenvalue weighted by atomic mass is 32.2. The monoisotopic (exact) mass is 353 g/mol. The number of rotatable bonds is 5. The smallest absolute Gasteiger partial charge is 0.243 e. The first kappa shape index (κ1) is 17.2. The third-order valence-corrected chi connectivity index (χ3v) is 6.82. The van der Waals surface area contributed by atoms with Crippen LogP contribution >= 0.6 is 0 Å². The van der Waals surface area contributed by atoms with Gasteiger partial charge in [-0.25, -0.2) is 8.42 Å². The number of amides is 1. The summed E-state index contributed by atoms with van der Waals surface area (Å²) in [5.74, 6) is 0.361. The zero-order valence-corrected chi connectivity index (χ0v) is 14.5. The van der Waals surface area contributed by atoms with E-state index in [2.05, 4.69) is 4.90 Å². The third kappa shape index (κ3) is 3.26.